The van der Waals surface area contributed by atoms with Crippen LogP contribution in [0.4, 0.5) is 10.5 Å². The van der Waals surface area contributed by atoms with Gasteiger partial charge in [0.25, 0.3) is 11.8 Å². The minimum Gasteiger partial charge on any atom is -0.490 e. The standard InChI is InChI=1S/C20H15ClN2O4/c1-2-10-27-16-8-6-13(7-9-16)11-17-18(24)22-20(26)23(19(17)25)15-5-3-4-14(21)12-15/h2-9,11-12H,1,10H2,(H,22,24,26)/b17-11+. The number of nitrogens with one attached hydrogen (secondary N) is 1. The van der Waals surface area contributed by atoms with Crippen LogP contribution < -0.4 is 15.0 Å². The summed E-state index contributed by atoms with van der Waals surface area (Å²) in [6.45, 7) is 3.95. The normalized spacial score (nSPS) is 15.7. The molecular formula is C20H15ClN2O4. The average molecular weight is 383 g/mol. The first-order valence-electron chi connectivity index (χ1n) is 8.00. The van der Waals surface area contributed by atoms with Crippen molar-refractivity contribution in [3.63, 3.8) is 0 Å². The Hall–Kier alpha value is -3.38. The highest BCUT2D eigenvalue weighted by molar-refractivity contribution is 6.39. The molecule has 0 atom stereocenters. The molecular weight excluding hydrogens is 368 g/mol. The second kappa shape index (κ2) is 7.88. The number of anilines is 1. The van der Waals surface area contributed by atoms with Gasteiger partial charge in [-0.15, -0.1) is 0 Å². The summed E-state index contributed by atoms with van der Waals surface area (Å²) >= 11 is 5.94. The van der Waals surface area contributed by atoms with E-state index in [0.717, 1.165) is 4.90 Å². The minimum absolute atomic E-state index is 0.158. The third kappa shape index (κ3) is 4.07. The Balaban J connectivity index is 1.91. The number of urea groups is 1. The molecule has 1 saturated heterocycles. The maximum atomic E-state index is 12.8. The molecule has 1 N–H and O–H groups in total. The fourth-order valence-electron chi connectivity index (χ4n) is 2.49. The minimum atomic E-state index is -0.822. The zero-order valence-corrected chi connectivity index (χ0v) is 14.9. The van der Waals surface area contributed by atoms with Gasteiger partial charge in [0.05, 0.1) is 5.69 Å². The van der Waals surface area contributed by atoms with Crippen molar-refractivity contribution in [1.82, 2.24) is 5.32 Å². The van der Waals surface area contributed by atoms with Crippen LogP contribution in [-0.2, 0) is 9.59 Å². The van der Waals surface area contributed by atoms with Gasteiger partial charge in [-0.3, -0.25) is 14.9 Å². The third-order valence-corrected chi connectivity index (χ3v) is 3.96. The van der Waals surface area contributed by atoms with Gasteiger partial charge in [0.1, 0.15) is 17.9 Å². The molecule has 2 aromatic rings. The van der Waals surface area contributed by atoms with Gasteiger partial charge in [0.15, 0.2) is 0 Å². The van der Waals surface area contributed by atoms with Crippen molar-refractivity contribution in [3.8, 4) is 5.75 Å². The maximum absolute atomic E-state index is 12.8. The van der Waals surface area contributed by atoms with E-state index in [1.54, 1.807) is 48.5 Å². The molecule has 1 heterocycles. The Kier molecular flexibility index (Phi) is 5.38. The van der Waals surface area contributed by atoms with E-state index in [9.17, 15) is 14.4 Å². The number of halogens is 1. The van der Waals surface area contributed by atoms with E-state index in [1.165, 1.54) is 12.1 Å². The van der Waals surface area contributed by atoms with Crippen molar-refractivity contribution in [2.75, 3.05) is 11.5 Å². The van der Waals surface area contributed by atoms with E-state index in [4.69, 9.17) is 16.3 Å². The highest BCUT2D eigenvalue weighted by Gasteiger charge is 2.36. The van der Waals surface area contributed by atoms with Gasteiger partial charge in [-0.05, 0) is 42.0 Å². The fraction of sp³-hybridized carbons (Fsp3) is 0.0500. The van der Waals surface area contributed by atoms with E-state index in [1.807, 2.05) is 0 Å². The molecule has 0 aromatic heterocycles. The van der Waals surface area contributed by atoms with Gasteiger partial charge in [-0.25, -0.2) is 9.69 Å². The molecule has 136 valence electrons. The van der Waals surface area contributed by atoms with Crippen LogP contribution in [-0.4, -0.2) is 24.5 Å². The molecule has 1 fully saturated rings. The number of ether oxygens (including phenoxy) is 1. The lowest BCUT2D eigenvalue weighted by Gasteiger charge is -2.26. The van der Waals surface area contributed by atoms with Crippen LogP contribution >= 0.6 is 11.6 Å². The number of amides is 4. The number of carbonyl (C=O) groups is 3. The Morgan fingerprint density at radius 1 is 1.11 bits per heavy atom. The second-order valence-corrected chi connectivity index (χ2v) is 6.04. The van der Waals surface area contributed by atoms with Crippen LogP contribution in [0.3, 0.4) is 0 Å². The fourth-order valence-corrected chi connectivity index (χ4v) is 2.67. The van der Waals surface area contributed by atoms with E-state index >= 15 is 0 Å². The Morgan fingerprint density at radius 2 is 1.85 bits per heavy atom. The predicted octanol–water partition coefficient (Wildman–Crippen LogP) is 3.57. The molecule has 0 bridgehead atoms. The maximum Gasteiger partial charge on any atom is 0.335 e. The van der Waals surface area contributed by atoms with Crippen LogP contribution in [0.1, 0.15) is 5.56 Å². The Bertz CT molecular complexity index is 951. The number of imide groups is 2. The number of hydrogen-bond donors (Lipinski definition) is 1. The van der Waals surface area contributed by atoms with E-state index < -0.39 is 17.8 Å². The molecule has 0 spiro atoms. The molecule has 3 rings (SSSR count). The van der Waals surface area contributed by atoms with Crippen LogP contribution in [0.25, 0.3) is 6.08 Å². The zero-order valence-electron chi connectivity index (χ0n) is 14.1. The number of hydrogen-bond acceptors (Lipinski definition) is 4. The highest BCUT2D eigenvalue weighted by Crippen LogP contribution is 2.24. The van der Waals surface area contributed by atoms with Crippen molar-refractivity contribution >= 4 is 41.2 Å². The number of carbonyl (C=O) groups excluding carboxylic acids is 3. The van der Waals surface area contributed by atoms with E-state index in [-0.39, 0.29) is 11.3 Å². The highest BCUT2D eigenvalue weighted by atomic mass is 35.5. The summed E-state index contributed by atoms with van der Waals surface area (Å²) in [6.07, 6.45) is 3.04. The molecule has 6 nitrogen and oxygen atoms in total. The lowest BCUT2D eigenvalue weighted by Crippen LogP contribution is -2.54. The monoisotopic (exact) mass is 382 g/mol. The van der Waals surface area contributed by atoms with Crippen LogP contribution in [0.2, 0.25) is 5.02 Å². The van der Waals surface area contributed by atoms with Crippen LogP contribution in [0.5, 0.6) is 5.75 Å². The SMILES string of the molecule is C=CCOc1ccc(/C=C2\C(=O)NC(=O)N(c3cccc(Cl)c3)C2=O)cc1. The molecule has 0 radical (unpaired) electrons. The summed E-state index contributed by atoms with van der Waals surface area (Å²) in [7, 11) is 0. The lowest BCUT2D eigenvalue weighted by atomic mass is 10.1. The third-order valence-electron chi connectivity index (χ3n) is 3.73. The van der Waals surface area contributed by atoms with Crippen molar-refractivity contribution in [3.05, 3.63) is 77.3 Å². The first-order valence-corrected chi connectivity index (χ1v) is 8.38. The summed E-state index contributed by atoms with van der Waals surface area (Å²) in [5, 5.41) is 2.53. The molecule has 7 heteroatoms. The quantitative estimate of drug-likeness (QED) is 0.487. The van der Waals surface area contributed by atoms with Gasteiger partial charge in [-0.1, -0.05) is 42.5 Å². The van der Waals surface area contributed by atoms with Crippen molar-refractivity contribution in [2.45, 2.75) is 0 Å². The molecule has 0 unspecified atom stereocenters. The first kappa shape index (κ1) is 18.4. The number of benzene rings is 2. The van der Waals surface area contributed by atoms with Gasteiger partial charge in [0.2, 0.25) is 0 Å². The molecule has 4 amide bonds. The number of rotatable bonds is 5. The van der Waals surface area contributed by atoms with Crippen molar-refractivity contribution in [2.24, 2.45) is 0 Å². The molecule has 1 aliphatic heterocycles. The molecule has 1 aliphatic rings. The largest absolute Gasteiger partial charge is 0.490 e. The number of nitrogens with zero attached hydrogens (tertiary/aromatic N) is 1. The average Bonchev–Trinajstić information content (AvgIpc) is 2.64. The van der Waals surface area contributed by atoms with Crippen molar-refractivity contribution < 1.29 is 19.1 Å². The van der Waals surface area contributed by atoms with E-state index in [2.05, 4.69) is 11.9 Å². The van der Waals surface area contributed by atoms with Gasteiger partial charge in [-0.2, -0.15) is 0 Å². The first-order chi connectivity index (χ1) is 13.0. The smallest absolute Gasteiger partial charge is 0.335 e. The lowest BCUT2D eigenvalue weighted by molar-refractivity contribution is -0.122. The van der Waals surface area contributed by atoms with Crippen LogP contribution in [0.15, 0.2) is 66.8 Å². The van der Waals surface area contributed by atoms with Gasteiger partial charge < -0.3 is 4.74 Å². The molecule has 0 saturated carbocycles. The van der Waals surface area contributed by atoms with E-state index in [0.29, 0.717) is 22.9 Å². The summed E-state index contributed by atoms with van der Waals surface area (Å²) in [5.41, 5.74) is 0.728. The summed E-state index contributed by atoms with van der Waals surface area (Å²) in [6, 6.07) is 12.3. The Labute approximate surface area is 160 Å². The summed E-state index contributed by atoms with van der Waals surface area (Å²) in [5.74, 6) is -0.847. The zero-order chi connectivity index (χ0) is 19.4. The topological polar surface area (TPSA) is 75.7 Å². The van der Waals surface area contributed by atoms with Gasteiger partial charge in [0, 0.05) is 5.02 Å². The molecule has 0 aliphatic carbocycles. The molecule has 2 aromatic carbocycles. The predicted molar refractivity (Wildman–Crippen MR) is 103 cm³/mol. The van der Waals surface area contributed by atoms with Crippen molar-refractivity contribution in [1.29, 1.82) is 0 Å². The molecule has 27 heavy (non-hydrogen) atoms. The number of barbiturate groups is 1. The summed E-state index contributed by atoms with van der Waals surface area (Å²) in [4.78, 5) is 38.0. The Morgan fingerprint density at radius 3 is 2.52 bits per heavy atom. The second-order valence-electron chi connectivity index (χ2n) is 5.61. The van der Waals surface area contributed by atoms with Crippen LogP contribution in [0, 0.1) is 0 Å². The summed E-state index contributed by atoms with van der Waals surface area (Å²) < 4.78 is 5.39. The van der Waals surface area contributed by atoms with Gasteiger partial charge >= 0.3 is 6.03 Å².